The molecule has 1 rings (SSSR count). The zero-order valence-corrected chi connectivity index (χ0v) is 7.80. The van der Waals surface area contributed by atoms with Crippen LogP contribution in [0.15, 0.2) is 22.9 Å². The van der Waals surface area contributed by atoms with Crippen molar-refractivity contribution in [3.63, 3.8) is 0 Å². The largest absolute Gasteiger partial charge is 0.284 e. The van der Waals surface area contributed by atoms with Gasteiger partial charge in [-0.05, 0) is 6.08 Å². The molecule has 0 aromatic heterocycles. The Labute approximate surface area is 80.0 Å². The summed E-state index contributed by atoms with van der Waals surface area (Å²) in [7, 11) is -2.36. The molecule has 13 heavy (non-hydrogen) atoms. The van der Waals surface area contributed by atoms with E-state index in [1.807, 2.05) is 0 Å². The Morgan fingerprint density at radius 3 is 2.54 bits per heavy atom. The molecule has 0 saturated heterocycles. The maximum atomic E-state index is 10.4. The predicted octanol–water partition coefficient (Wildman–Crippen LogP) is 0.725. The van der Waals surface area contributed by atoms with E-state index in [1.165, 1.54) is 6.08 Å². The SMILES string of the molecule is O=[N+]([O-])C1=CCC(=S(=O)=O)C=C1Cl. The van der Waals surface area contributed by atoms with Crippen molar-refractivity contribution >= 4 is 26.8 Å². The van der Waals surface area contributed by atoms with Gasteiger partial charge < -0.3 is 0 Å². The summed E-state index contributed by atoms with van der Waals surface area (Å²) in [6.45, 7) is 0. The fourth-order valence-corrected chi connectivity index (χ4v) is 1.62. The summed E-state index contributed by atoms with van der Waals surface area (Å²) in [6.07, 6.45) is 2.28. The maximum Gasteiger partial charge on any atom is 0.284 e. The lowest BCUT2D eigenvalue weighted by molar-refractivity contribution is -0.420. The summed E-state index contributed by atoms with van der Waals surface area (Å²) in [4.78, 5) is 9.69. The summed E-state index contributed by atoms with van der Waals surface area (Å²) in [5.74, 6) is 0. The summed E-state index contributed by atoms with van der Waals surface area (Å²) < 4.78 is 20.9. The third kappa shape index (κ3) is 2.16. The zero-order chi connectivity index (χ0) is 10.0. The third-order valence-electron chi connectivity index (χ3n) is 1.44. The van der Waals surface area contributed by atoms with Gasteiger partial charge in [0.2, 0.25) is 10.3 Å². The molecule has 0 heterocycles. The zero-order valence-electron chi connectivity index (χ0n) is 6.23. The Hall–Kier alpha value is -1.14. The van der Waals surface area contributed by atoms with Gasteiger partial charge in [0, 0.05) is 12.5 Å². The number of hydrogen-bond acceptors (Lipinski definition) is 4. The molecule has 0 aromatic rings. The molecule has 0 unspecified atom stereocenters. The van der Waals surface area contributed by atoms with E-state index < -0.39 is 15.2 Å². The summed E-state index contributed by atoms with van der Waals surface area (Å²) in [5, 5.41) is 10.1. The molecule has 0 bridgehead atoms. The van der Waals surface area contributed by atoms with Gasteiger partial charge in [0.05, 0.1) is 9.79 Å². The van der Waals surface area contributed by atoms with Crippen LogP contribution in [0.3, 0.4) is 0 Å². The highest BCUT2D eigenvalue weighted by Gasteiger charge is 2.20. The first-order valence-corrected chi connectivity index (χ1v) is 4.65. The second-order valence-electron chi connectivity index (χ2n) is 2.24. The van der Waals surface area contributed by atoms with E-state index in [4.69, 9.17) is 11.6 Å². The van der Waals surface area contributed by atoms with Gasteiger partial charge in [-0.25, -0.2) is 0 Å². The smallest absolute Gasteiger partial charge is 0.258 e. The van der Waals surface area contributed by atoms with Gasteiger partial charge in [-0.1, -0.05) is 11.6 Å². The third-order valence-corrected chi connectivity index (χ3v) is 2.46. The van der Waals surface area contributed by atoms with Crippen molar-refractivity contribution in [3.05, 3.63) is 33.0 Å². The minimum Gasteiger partial charge on any atom is -0.258 e. The average molecular weight is 222 g/mol. The Kier molecular flexibility index (Phi) is 2.84. The molecule has 5 nitrogen and oxygen atoms in total. The highest BCUT2D eigenvalue weighted by molar-refractivity contribution is 7.73. The first-order valence-electron chi connectivity index (χ1n) is 3.19. The highest BCUT2D eigenvalue weighted by atomic mass is 35.5. The molecule has 1 aliphatic rings. The lowest BCUT2D eigenvalue weighted by Gasteiger charge is -2.02. The number of nitro groups is 1. The van der Waals surface area contributed by atoms with Crippen LogP contribution in [0.1, 0.15) is 6.42 Å². The van der Waals surface area contributed by atoms with Gasteiger partial charge in [0.15, 0.2) is 0 Å². The Morgan fingerprint density at radius 1 is 1.54 bits per heavy atom. The monoisotopic (exact) mass is 221 g/mol. The summed E-state index contributed by atoms with van der Waals surface area (Å²) in [6, 6.07) is 0. The topological polar surface area (TPSA) is 77.3 Å². The molecule has 0 amide bonds. The molecule has 0 N–H and O–H groups in total. The lowest BCUT2D eigenvalue weighted by Crippen LogP contribution is -2.07. The van der Waals surface area contributed by atoms with Crippen molar-refractivity contribution in [1.29, 1.82) is 0 Å². The fourth-order valence-electron chi connectivity index (χ4n) is 0.847. The van der Waals surface area contributed by atoms with Crippen LogP contribution in [0.25, 0.3) is 0 Å². The molecule has 1 aliphatic carbocycles. The number of nitrogens with zero attached hydrogens (tertiary/aromatic N) is 1. The summed E-state index contributed by atoms with van der Waals surface area (Å²) >= 11 is 5.47. The van der Waals surface area contributed by atoms with Crippen LogP contribution in [-0.4, -0.2) is 18.2 Å². The van der Waals surface area contributed by atoms with Gasteiger partial charge in [-0.3, -0.25) is 10.1 Å². The molecule has 0 saturated carbocycles. The van der Waals surface area contributed by atoms with Crippen molar-refractivity contribution in [2.24, 2.45) is 0 Å². The maximum absolute atomic E-state index is 10.4. The van der Waals surface area contributed by atoms with Gasteiger partial charge in [-0.2, -0.15) is 8.42 Å². The van der Waals surface area contributed by atoms with Crippen molar-refractivity contribution in [1.82, 2.24) is 0 Å². The van der Waals surface area contributed by atoms with Gasteiger partial charge in [0.1, 0.15) is 5.03 Å². The van der Waals surface area contributed by atoms with Crippen molar-refractivity contribution in [2.45, 2.75) is 6.42 Å². The molecule has 0 atom stereocenters. The molecular weight excluding hydrogens is 218 g/mol. The molecule has 0 aromatic carbocycles. The van der Waals surface area contributed by atoms with Crippen LogP contribution in [-0.2, 0) is 10.3 Å². The van der Waals surface area contributed by atoms with Gasteiger partial charge in [0.25, 0.3) is 5.70 Å². The van der Waals surface area contributed by atoms with E-state index in [2.05, 4.69) is 0 Å². The Bertz CT molecular complexity index is 437. The van der Waals surface area contributed by atoms with E-state index >= 15 is 0 Å². The van der Waals surface area contributed by atoms with Crippen LogP contribution < -0.4 is 0 Å². The second kappa shape index (κ2) is 3.71. The fraction of sp³-hybridized carbons (Fsp3) is 0.167. The van der Waals surface area contributed by atoms with Crippen LogP contribution in [0.2, 0.25) is 0 Å². The Morgan fingerprint density at radius 2 is 2.15 bits per heavy atom. The van der Waals surface area contributed by atoms with E-state index in [9.17, 15) is 18.5 Å². The van der Waals surface area contributed by atoms with Crippen molar-refractivity contribution in [3.8, 4) is 0 Å². The normalized spacial score (nSPS) is 16.2. The summed E-state index contributed by atoms with van der Waals surface area (Å²) in [5.41, 5.74) is -0.254. The number of hydrogen-bond donors (Lipinski definition) is 0. The molecular formula is C6H4ClNO4S. The highest BCUT2D eigenvalue weighted by Crippen LogP contribution is 2.20. The predicted molar refractivity (Wildman–Crippen MR) is 47.6 cm³/mol. The minimum atomic E-state index is -2.36. The number of rotatable bonds is 1. The molecule has 0 aliphatic heterocycles. The first kappa shape index (κ1) is 9.94. The van der Waals surface area contributed by atoms with Crippen molar-refractivity contribution < 1.29 is 13.3 Å². The second-order valence-corrected chi connectivity index (χ2v) is 3.64. The van der Waals surface area contributed by atoms with Crippen LogP contribution >= 0.6 is 11.6 Å². The van der Waals surface area contributed by atoms with E-state index in [1.54, 1.807) is 0 Å². The first-order chi connectivity index (χ1) is 6.02. The van der Waals surface area contributed by atoms with Crippen LogP contribution in [0.5, 0.6) is 0 Å². The molecule has 0 radical (unpaired) electrons. The van der Waals surface area contributed by atoms with Crippen molar-refractivity contribution in [2.75, 3.05) is 0 Å². The molecule has 7 heteroatoms. The molecule has 0 spiro atoms. The van der Waals surface area contributed by atoms with Gasteiger partial charge in [-0.15, -0.1) is 0 Å². The van der Waals surface area contributed by atoms with E-state index in [-0.39, 0.29) is 22.0 Å². The molecule has 70 valence electrons. The minimum absolute atomic E-state index is 0.0165. The standard InChI is InChI=1S/C6H4ClNO4S/c7-5-3-4(13(11)12)1-2-6(5)8(9)10/h2-3H,1H2. The average Bonchev–Trinajstić information content (AvgIpc) is 2.03. The van der Waals surface area contributed by atoms with Crippen LogP contribution in [0, 0.1) is 10.1 Å². The van der Waals surface area contributed by atoms with E-state index in [0.29, 0.717) is 0 Å². The number of halogens is 1. The lowest BCUT2D eigenvalue weighted by atomic mass is 10.1. The Balaban J connectivity index is 3.15. The van der Waals surface area contributed by atoms with Gasteiger partial charge >= 0.3 is 0 Å². The molecule has 0 fully saturated rings. The van der Waals surface area contributed by atoms with E-state index in [0.717, 1.165) is 6.08 Å². The quantitative estimate of drug-likeness (QED) is 0.371. The van der Waals surface area contributed by atoms with Crippen LogP contribution in [0.4, 0.5) is 0 Å². The number of allylic oxidation sites excluding steroid dienone is 3.